The number of nitrogens with zero attached hydrogens (tertiary/aromatic N) is 1. The highest BCUT2D eigenvalue weighted by Crippen LogP contribution is 2.23. The first-order valence-electron chi connectivity index (χ1n) is 6.42. The van der Waals surface area contributed by atoms with E-state index in [1.165, 1.54) is 0 Å². The van der Waals surface area contributed by atoms with Crippen LogP contribution in [0.5, 0.6) is 5.75 Å². The summed E-state index contributed by atoms with van der Waals surface area (Å²) in [7, 11) is 0. The molecule has 1 fully saturated rings. The van der Waals surface area contributed by atoms with E-state index in [-0.39, 0.29) is 5.88 Å². The second-order valence-electron chi connectivity index (χ2n) is 4.39. The van der Waals surface area contributed by atoms with Crippen molar-refractivity contribution in [1.29, 1.82) is 0 Å². The Morgan fingerprint density at radius 3 is 2.71 bits per heavy atom. The molecule has 8 heteroatoms. The molecule has 1 heterocycles. The van der Waals surface area contributed by atoms with Crippen LogP contribution < -0.4 is 26.6 Å². The maximum Gasteiger partial charge on any atom is 0.357 e. The number of morpholine rings is 1. The molecule has 1 saturated heterocycles. The van der Waals surface area contributed by atoms with Gasteiger partial charge in [0.1, 0.15) is 5.75 Å². The summed E-state index contributed by atoms with van der Waals surface area (Å²) in [5, 5.41) is 8.84. The van der Waals surface area contributed by atoms with Crippen LogP contribution in [-0.2, 0) is 9.53 Å². The summed E-state index contributed by atoms with van der Waals surface area (Å²) in [5.41, 5.74) is 8.00. The van der Waals surface area contributed by atoms with Crippen molar-refractivity contribution in [1.82, 2.24) is 5.43 Å². The fourth-order valence-corrected chi connectivity index (χ4v) is 1.94. The van der Waals surface area contributed by atoms with E-state index >= 15 is 0 Å². The second-order valence-corrected chi connectivity index (χ2v) is 4.39. The summed E-state index contributed by atoms with van der Waals surface area (Å²) in [4.78, 5) is 13.0. The van der Waals surface area contributed by atoms with Crippen molar-refractivity contribution >= 4 is 11.7 Å². The molecule has 0 bridgehead atoms. The predicted octanol–water partition coefficient (Wildman–Crippen LogP) is -0.422. The highest BCUT2D eigenvalue weighted by molar-refractivity contribution is 5.85. The SMILES string of the molecule is NN/C(Oc1cccc(N2CCOCC2)c1)=C(\N)C(=O)O. The van der Waals surface area contributed by atoms with E-state index in [4.69, 9.17) is 26.2 Å². The zero-order valence-corrected chi connectivity index (χ0v) is 11.4. The molecule has 6 N–H and O–H groups in total. The Morgan fingerprint density at radius 2 is 2.10 bits per heavy atom. The fourth-order valence-electron chi connectivity index (χ4n) is 1.94. The van der Waals surface area contributed by atoms with Gasteiger partial charge in [-0.1, -0.05) is 6.07 Å². The lowest BCUT2D eigenvalue weighted by atomic mass is 10.2. The van der Waals surface area contributed by atoms with E-state index < -0.39 is 11.7 Å². The average molecular weight is 294 g/mol. The first-order chi connectivity index (χ1) is 10.1. The maximum absolute atomic E-state index is 10.8. The van der Waals surface area contributed by atoms with Gasteiger partial charge in [0.2, 0.25) is 5.88 Å². The number of carboxylic acids is 1. The number of hydrogen-bond donors (Lipinski definition) is 4. The first-order valence-corrected chi connectivity index (χ1v) is 6.42. The van der Waals surface area contributed by atoms with Crippen LogP contribution in [0, 0.1) is 0 Å². The Kier molecular flexibility index (Phi) is 4.85. The Hall–Kier alpha value is -2.45. The summed E-state index contributed by atoms with van der Waals surface area (Å²) in [5.74, 6) is 4.16. The van der Waals surface area contributed by atoms with Gasteiger partial charge in [0.15, 0.2) is 5.70 Å². The van der Waals surface area contributed by atoms with Crippen LogP contribution in [0.1, 0.15) is 0 Å². The van der Waals surface area contributed by atoms with Gasteiger partial charge in [-0.25, -0.2) is 10.6 Å². The van der Waals surface area contributed by atoms with Crippen molar-refractivity contribution < 1.29 is 19.4 Å². The van der Waals surface area contributed by atoms with Gasteiger partial charge in [-0.15, -0.1) is 0 Å². The molecule has 0 radical (unpaired) electrons. The molecule has 0 spiro atoms. The van der Waals surface area contributed by atoms with Crippen molar-refractivity contribution in [3.63, 3.8) is 0 Å². The molecule has 8 nitrogen and oxygen atoms in total. The second kappa shape index (κ2) is 6.82. The van der Waals surface area contributed by atoms with E-state index in [0.29, 0.717) is 19.0 Å². The van der Waals surface area contributed by atoms with Gasteiger partial charge in [0.25, 0.3) is 0 Å². The summed E-state index contributed by atoms with van der Waals surface area (Å²) in [6.07, 6.45) is 0. The standard InChI is InChI=1S/C13H18N4O4/c14-11(13(18)19)12(16-15)21-10-3-1-2-9(8-10)17-4-6-20-7-5-17/h1-3,8,16H,4-7,14-15H2,(H,18,19)/b12-11+. The molecule has 2 rings (SSSR count). The third kappa shape index (κ3) is 3.77. The Labute approximate surface area is 121 Å². The molecule has 0 aromatic heterocycles. The van der Waals surface area contributed by atoms with Crippen LogP contribution in [0.4, 0.5) is 5.69 Å². The van der Waals surface area contributed by atoms with Crippen molar-refractivity contribution in [2.75, 3.05) is 31.2 Å². The lowest BCUT2D eigenvalue weighted by Crippen LogP contribution is -2.36. The van der Waals surface area contributed by atoms with Crippen molar-refractivity contribution in [3.05, 3.63) is 35.8 Å². The molecule has 0 unspecified atom stereocenters. The maximum atomic E-state index is 10.8. The number of carbonyl (C=O) groups is 1. The third-order valence-corrected chi connectivity index (χ3v) is 3.02. The molecule has 1 aliphatic heterocycles. The van der Waals surface area contributed by atoms with E-state index in [9.17, 15) is 4.79 Å². The van der Waals surface area contributed by atoms with Crippen LogP contribution in [0.3, 0.4) is 0 Å². The lowest BCUT2D eigenvalue weighted by Gasteiger charge is -2.29. The van der Waals surface area contributed by atoms with Gasteiger partial charge in [0, 0.05) is 24.8 Å². The largest absolute Gasteiger partial charge is 0.476 e. The van der Waals surface area contributed by atoms with E-state index in [1.54, 1.807) is 12.1 Å². The Morgan fingerprint density at radius 1 is 1.38 bits per heavy atom. The molecule has 0 amide bonds. The summed E-state index contributed by atoms with van der Waals surface area (Å²) >= 11 is 0. The van der Waals surface area contributed by atoms with Crippen molar-refractivity contribution in [2.45, 2.75) is 0 Å². The zero-order valence-electron chi connectivity index (χ0n) is 11.4. The van der Waals surface area contributed by atoms with Crippen LogP contribution in [0.25, 0.3) is 0 Å². The number of hydrazine groups is 1. The van der Waals surface area contributed by atoms with E-state index in [1.807, 2.05) is 12.1 Å². The topological polar surface area (TPSA) is 123 Å². The van der Waals surface area contributed by atoms with Crippen LogP contribution in [0.2, 0.25) is 0 Å². The molecule has 0 saturated carbocycles. The third-order valence-electron chi connectivity index (χ3n) is 3.02. The minimum absolute atomic E-state index is 0.207. The van der Waals surface area contributed by atoms with Crippen LogP contribution in [-0.4, -0.2) is 37.4 Å². The smallest absolute Gasteiger partial charge is 0.357 e. The zero-order chi connectivity index (χ0) is 15.2. The van der Waals surface area contributed by atoms with Gasteiger partial charge in [-0.05, 0) is 12.1 Å². The summed E-state index contributed by atoms with van der Waals surface area (Å²) in [6.45, 7) is 2.93. The van der Waals surface area contributed by atoms with Gasteiger partial charge in [-0.2, -0.15) is 0 Å². The van der Waals surface area contributed by atoms with Crippen molar-refractivity contribution in [3.8, 4) is 5.75 Å². The van der Waals surface area contributed by atoms with Gasteiger partial charge < -0.3 is 25.2 Å². The first kappa shape index (κ1) is 14.9. The molecular weight excluding hydrogens is 276 g/mol. The molecule has 1 aromatic carbocycles. The molecule has 21 heavy (non-hydrogen) atoms. The monoisotopic (exact) mass is 294 g/mol. The number of benzene rings is 1. The highest BCUT2D eigenvalue weighted by Gasteiger charge is 2.14. The van der Waals surface area contributed by atoms with Gasteiger partial charge in [0.05, 0.1) is 13.2 Å². The minimum atomic E-state index is -1.31. The molecule has 0 aliphatic carbocycles. The van der Waals surface area contributed by atoms with Gasteiger partial charge >= 0.3 is 5.97 Å². The number of rotatable bonds is 5. The van der Waals surface area contributed by atoms with Crippen LogP contribution in [0.15, 0.2) is 35.8 Å². The lowest BCUT2D eigenvalue weighted by molar-refractivity contribution is -0.132. The number of nitrogens with two attached hydrogens (primary N) is 2. The van der Waals surface area contributed by atoms with Crippen molar-refractivity contribution in [2.24, 2.45) is 11.6 Å². The number of nitrogens with one attached hydrogen (secondary N) is 1. The molecule has 114 valence electrons. The minimum Gasteiger partial charge on any atom is -0.476 e. The number of hydrogen-bond acceptors (Lipinski definition) is 7. The normalized spacial score (nSPS) is 16.1. The molecule has 0 atom stereocenters. The fraction of sp³-hybridized carbons (Fsp3) is 0.308. The Balaban J connectivity index is 2.17. The summed E-state index contributed by atoms with van der Waals surface area (Å²) < 4.78 is 10.7. The number of anilines is 1. The quantitative estimate of drug-likeness (QED) is 0.250. The van der Waals surface area contributed by atoms with E-state index in [2.05, 4.69) is 10.3 Å². The highest BCUT2D eigenvalue weighted by atomic mass is 16.5. The number of ether oxygens (including phenoxy) is 2. The number of aliphatic carboxylic acids is 1. The Bertz CT molecular complexity index is 541. The molecule has 1 aromatic rings. The average Bonchev–Trinajstić information content (AvgIpc) is 2.53. The summed E-state index contributed by atoms with van der Waals surface area (Å²) in [6, 6.07) is 7.23. The van der Waals surface area contributed by atoms with Gasteiger partial charge in [-0.3, -0.25) is 5.43 Å². The predicted molar refractivity (Wildman–Crippen MR) is 76.3 cm³/mol. The number of carboxylic acid groups (broad SMARTS) is 1. The van der Waals surface area contributed by atoms with Crippen LogP contribution >= 0.6 is 0 Å². The molecule has 1 aliphatic rings. The van der Waals surface area contributed by atoms with E-state index in [0.717, 1.165) is 18.8 Å². The molecular formula is C13H18N4O4.